The normalized spacial score (nSPS) is 9.58. The number of hydrogen-bond acceptors (Lipinski definition) is 1. The van der Waals surface area contributed by atoms with Crippen molar-refractivity contribution in [2.75, 3.05) is 5.32 Å². The van der Waals surface area contributed by atoms with Gasteiger partial charge in [0.2, 0.25) is 0 Å². The lowest BCUT2D eigenvalue weighted by molar-refractivity contribution is 0.628. The van der Waals surface area contributed by atoms with Crippen LogP contribution in [0.4, 0.5) is 10.1 Å². The van der Waals surface area contributed by atoms with Gasteiger partial charge in [-0.15, -0.1) is 0 Å². The largest absolute Gasteiger partial charge is 0.337 e. The number of thiocarbonyl (C=S) groups is 1. The number of halogens is 2. The first-order chi connectivity index (χ1) is 5.59. The summed E-state index contributed by atoms with van der Waals surface area (Å²) < 4.78 is 12.8. The molecule has 0 bridgehead atoms. The Bertz CT molecular complexity index is 314. The molecular weight excluding hydrogens is 197 g/mol. The number of rotatable bonds is 1. The molecule has 0 saturated heterocycles. The highest BCUT2D eigenvalue weighted by molar-refractivity contribution is 7.83. The lowest BCUT2D eigenvalue weighted by Gasteiger charge is -2.05. The highest BCUT2D eigenvalue weighted by Crippen LogP contribution is 2.16. The van der Waals surface area contributed by atoms with Gasteiger partial charge in [0, 0.05) is 5.69 Å². The quantitative estimate of drug-likeness (QED) is 0.428. The third-order valence-electron chi connectivity index (χ3n) is 1.43. The molecule has 0 aliphatic heterocycles. The van der Waals surface area contributed by atoms with Crippen LogP contribution in [0.1, 0.15) is 5.56 Å². The van der Waals surface area contributed by atoms with Gasteiger partial charge in [-0.1, -0.05) is 17.7 Å². The van der Waals surface area contributed by atoms with Gasteiger partial charge in [0.25, 0.3) is 0 Å². The molecule has 0 aliphatic carbocycles. The number of anilines is 1. The molecule has 64 valence electrons. The predicted octanol–water partition coefficient (Wildman–Crippen LogP) is 3.07. The molecule has 1 N–H and O–H groups in total. The molecule has 12 heavy (non-hydrogen) atoms. The predicted molar refractivity (Wildman–Crippen MR) is 53.2 cm³/mol. The third kappa shape index (κ3) is 2.43. The van der Waals surface area contributed by atoms with Gasteiger partial charge in [0.15, 0.2) is 4.45 Å². The molecule has 0 unspecified atom stereocenters. The molecule has 1 nitrogen and oxygen atoms in total. The minimum atomic E-state index is -0.309. The van der Waals surface area contributed by atoms with E-state index in [9.17, 15) is 4.39 Å². The Morgan fingerprint density at radius 2 is 2.25 bits per heavy atom. The zero-order chi connectivity index (χ0) is 9.14. The lowest BCUT2D eigenvalue weighted by atomic mass is 10.2. The van der Waals surface area contributed by atoms with Gasteiger partial charge in [0.05, 0.1) is 0 Å². The molecule has 0 spiro atoms. The molecule has 1 aromatic rings. The minimum absolute atomic E-state index is 0.115. The molecule has 0 saturated carbocycles. The fraction of sp³-hybridized carbons (Fsp3) is 0.125. The summed E-state index contributed by atoms with van der Waals surface area (Å²) in [5.74, 6) is -0.309. The van der Waals surface area contributed by atoms with Crippen molar-refractivity contribution in [3.05, 3.63) is 29.6 Å². The van der Waals surface area contributed by atoms with E-state index in [1.54, 1.807) is 6.07 Å². The molecule has 1 rings (SSSR count). The second-order valence-electron chi connectivity index (χ2n) is 2.36. The van der Waals surface area contributed by atoms with E-state index in [1.165, 1.54) is 12.1 Å². The van der Waals surface area contributed by atoms with Gasteiger partial charge in [-0.25, -0.2) is 4.39 Å². The summed E-state index contributed by atoms with van der Waals surface area (Å²) in [6, 6.07) is 4.40. The Labute approximate surface area is 80.5 Å². The molecule has 0 fully saturated rings. The second kappa shape index (κ2) is 3.83. The average molecular weight is 204 g/mol. The topological polar surface area (TPSA) is 12.0 Å². The van der Waals surface area contributed by atoms with Crippen LogP contribution in [0.15, 0.2) is 18.2 Å². The van der Waals surface area contributed by atoms with Crippen molar-refractivity contribution in [3.63, 3.8) is 0 Å². The van der Waals surface area contributed by atoms with E-state index >= 15 is 0 Å². The van der Waals surface area contributed by atoms with E-state index in [2.05, 4.69) is 17.5 Å². The van der Waals surface area contributed by atoms with Gasteiger partial charge < -0.3 is 5.32 Å². The Kier molecular flexibility index (Phi) is 3.00. The van der Waals surface area contributed by atoms with E-state index < -0.39 is 0 Å². The molecule has 0 aliphatic rings. The molecule has 0 heterocycles. The Balaban J connectivity index is 2.97. The summed E-state index contributed by atoms with van der Waals surface area (Å²) in [5.41, 5.74) is 1.51. The van der Waals surface area contributed by atoms with Crippen molar-refractivity contribution in [1.82, 2.24) is 0 Å². The first-order valence-electron chi connectivity index (χ1n) is 3.32. The van der Waals surface area contributed by atoms with Crippen LogP contribution in [-0.2, 0) is 0 Å². The van der Waals surface area contributed by atoms with Crippen molar-refractivity contribution in [3.8, 4) is 0 Å². The number of hydrogen-bond donors (Lipinski definition) is 1. The van der Waals surface area contributed by atoms with Crippen LogP contribution < -0.4 is 5.32 Å². The van der Waals surface area contributed by atoms with Crippen molar-refractivity contribution in [2.24, 2.45) is 0 Å². The van der Waals surface area contributed by atoms with Crippen LogP contribution in [0, 0.1) is 12.7 Å². The molecule has 4 heteroatoms. The van der Waals surface area contributed by atoms with Gasteiger partial charge in [-0.2, -0.15) is 0 Å². The van der Waals surface area contributed by atoms with Crippen LogP contribution in [0.5, 0.6) is 0 Å². The maximum absolute atomic E-state index is 12.7. The van der Waals surface area contributed by atoms with Crippen LogP contribution in [0.25, 0.3) is 0 Å². The Morgan fingerprint density at radius 1 is 1.58 bits per heavy atom. The van der Waals surface area contributed by atoms with Gasteiger partial charge in [0.1, 0.15) is 5.82 Å². The van der Waals surface area contributed by atoms with Crippen LogP contribution >= 0.6 is 23.8 Å². The summed E-state index contributed by atoms with van der Waals surface area (Å²) in [4.78, 5) is 0. The minimum Gasteiger partial charge on any atom is -0.337 e. The summed E-state index contributed by atoms with van der Waals surface area (Å²) >= 11 is 10.0. The van der Waals surface area contributed by atoms with E-state index in [4.69, 9.17) is 11.6 Å². The highest BCUT2D eigenvalue weighted by atomic mass is 35.5. The first-order valence-corrected chi connectivity index (χ1v) is 4.11. The fourth-order valence-electron chi connectivity index (χ4n) is 0.835. The zero-order valence-electron chi connectivity index (χ0n) is 6.40. The van der Waals surface area contributed by atoms with Crippen LogP contribution in [-0.4, -0.2) is 4.45 Å². The van der Waals surface area contributed by atoms with E-state index in [0.29, 0.717) is 5.69 Å². The summed E-state index contributed by atoms with van der Waals surface area (Å²) in [6.07, 6.45) is 0. The Hall–Kier alpha value is -0.670. The average Bonchev–Trinajstić information content (AvgIpc) is 1.96. The van der Waals surface area contributed by atoms with E-state index in [1.807, 2.05) is 6.92 Å². The third-order valence-corrected chi connectivity index (χ3v) is 1.63. The van der Waals surface area contributed by atoms with Crippen molar-refractivity contribution >= 4 is 34.0 Å². The number of benzene rings is 1. The van der Waals surface area contributed by atoms with E-state index in [-0.39, 0.29) is 10.3 Å². The van der Waals surface area contributed by atoms with Crippen LogP contribution in [0.3, 0.4) is 0 Å². The molecule has 0 atom stereocenters. The molecule has 0 radical (unpaired) electrons. The number of nitrogens with one attached hydrogen (secondary N) is 1. The zero-order valence-corrected chi connectivity index (χ0v) is 7.97. The van der Waals surface area contributed by atoms with Gasteiger partial charge in [-0.05, 0) is 36.8 Å². The fourth-order valence-corrected chi connectivity index (χ4v) is 1.05. The van der Waals surface area contributed by atoms with Crippen molar-refractivity contribution in [1.29, 1.82) is 0 Å². The molecular formula is C8H7ClFNS. The molecule has 0 amide bonds. The summed E-state index contributed by atoms with van der Waals surface area (Å²) in [6.45, 7) is 1.84. The lowest BCUT2D eigenvalue weighted by Crippen LogP contribution is -2.02. The standard InChI is InChI=1S/C8H7ClFNS/c1-5-2-3-6(10)4-7(5)11-8(9)12/h2-4H,1H3,(H,11,12). The summed E-state index contributed by atoms with van der Waals surface area (Å²) in [7, 11) is 0. The molecule has 1 aromatic carbocycles. The summed E-state index contributed by atoms with van der Waals surface area (Å²) in [5, 5.41) is 2.67. The maximum atomic E-state index is 12.7. The van der Waals surface area contributed by atoms with Crippen LogP contribution in [0.2, 0.25) is 0 Å². The maximum Gasteiger partial charge on any atom is 0.171 e. The smallest absolute Gasteiger partial charge is 0.171 e. The van der Waals surface area contributed by atoms with Gasteiger partial charge >= 0.3 is 0 Å². The molecule has 0 aromatic heterocycles. The second-order valence-corrected chi connectivity index (χ2v) is 3.37. The monoisotopic (exact) mass is 203 g/mol. The van der Waals surface area contributed by atoms with E-state index in [0.717, 1.165) is 5.56 Å². The van der Waals surface area contributed by atoms with Crippen molar-refractivity contribution < 1.29 is 4.39 Å². The number of aryl methyl sites for hydroxylation is 1. The Morgan fingerprint density at radius 3 is 2.83 bits per heavy atom. The SMILES string of the molecule is Cc1ccc(F)cc1NC(=S)Cl. The first kappa shape index (κ1) is 9.42. The highest BCUT2D eigenvalue weighted by Gasteiger charge is 2.00. The van der Waals surface area contributed by atoms with Gasteiger partial charge in [-0.3, -0.25) is 0 Å². The van der Waals surface area contributed by atoms with Crippen molar-refractivity contribution in [2.45, 2.75) is 6.92 Å².